The maximum absolute atomic E-state index is 10.7. The average molecular weight is 263 g/mol. The summed E-state index contributed by atoms with van der Waals surface area (Å²) < 4.78 is 61.0. The maximum Gasteiger partial charge on any atom is 0.485 e. The Balaban J connectivity index is 0. The van der Waals surface area contributed by atoms with Crippen LogP contribution in [0.3, 0.4) is 0 Å². The first-order chi connectivity index (χ1) is 6.67. The lowest BCUT2D eigenvalue weighted by Gasteiger charge is -2.08. The third-order valence-corrected chi connectivity index (χ3v) is 1.50. The highest BCUT2D eigenvalue weighted by molar-refractivity contribution is 7.86. The second-order valence-corrected chi connectivity index (χ2v) is 5.73. The van der Waals surface area contributed by atoms with Gasteiger partial charge in [0, 0.05) is 5.41 Å². The molecule has 0 heterocycles. The molecule has 0 atom stereocenters. The van der Waals surface area contributed by atoms with Gasteiger partial charge in [0.2, 0.25) is 0 Å². The van der Waals surface area contributed by atoms with E-state index in [9.17, 15) is 13.2 Å². The van der Waals surface area contributed by atoms with Crippen molar-refractivity contribution >= 4 is 16.3 Å². The van der Waals surface area contributed by atoms with Gasteiger partial charge in [-0.05, 0) is 0 Å². The van der Waals surface area contributed by atoms with Gasteiger partial charge in [0.1, 0.15) is 20.3 Å². The standard InChI is InChI=1S/C7H16N.CHF3O3S/c1-7(2,3)6-8(4)5;2-1(3,4)8(5,6)7/h6H,1-5H3;(H,5,6,7)/q+1;/p-1. The van der Waals surface area contributed by atoms with Crippen molar-refractivity contribution in [2.75, 3.05) is 14.1 Å². The minimum atomic E-state index is -6.09. The average Bonchev–Trinajstić information content (AvgIpc) is 1.74. The van der Waals surface area contributed by atoms with Crippen molar-refractivity contribution in [2.24, 2.45) is 5.41 Å². The van der Waals surface area contributed by atoms with Crippen LogP contribution in [0.5, 0.6) is 0 Å². The van der Waals surface area contributed by atoms with Gasteiger partial charge in [-0.25, -0.2) is 13.0 Å². The quantitative estimate of drug-likeness (QED) is 0.287. The molecule has 0 aromatic rings. The lowest BCUT2D eigenvalue weighted by molar-refractivity contribution is -0.462. The highest BCUT2D eigenvalue weighted by atomic mass is 32.2. The fourth-order valence-electron chi connectivity index (χ4n) is 0.775. The van der Waals surface area contributed by atoms with E-state index in [4.69, 9.17) is 13.0 Å². The van der Waals surface area contributed by atoms with Crippen LogP contribution in [0.25, 0.3) is 0 Å². The normalized spacial score (nSPS) is 12.6. The molecule has 0 amide bonds. The summed E-state index contributed by atoms with van der Waals surface area (Å²) in [6, 6.07) is 0. The van der Waals surface area contributed by atoms with Gasteiger partial charge in [0.15, 0.2) is 10.1 Å². The first kappa shape index (κ1) is 17.8. The lowest BCUT2D eigenvalue weighted by atomic mass is 9.99. The fourth-order valence-corrected chi connectivity index (χ4v) is 0.775. The molecule has 0 aliphatic rings. The summed E-state index contributed by atoms with van der Waals surface area (Å²) in [5.41, 5.74) is -5.32. The molecule has 0 N–H and O–H groups in total. The molecule has 98 valence electrons. The first-order valence-electron chi connectivity index (χ1n) is 4.21. The van der Waals surface area contributed by atoms with Crippen molar-refractivity contribution in [3.05, 3.63) is 0 Å². The van der Waals surface area contributed by atoms with Gasteiger partial charge in [0.25, 0.3) is 0 Å². The summed E-state index contributed by atoms with van der Waals surface area (Å²) >= 11 is 0. The fraction of sp³-hybridized carbons (Fsp3) is 0.875. The molecule has 0 radical (unpaired) electrons. The second-order valence-electron chi connectivity index (χ2n) is 4.36. The molecule has 0 aromatic heterocycles. The molecule has 0 aliphatic heterocycles. The Labute approximate surface area is 93.5 Å². The summed E-state index contributed by atoms with van der Waals surface area (Å²) in [6.07, 6.45) is 2.19. The van der Waals surface area contributed by atoms with E-state index in [1.54, 1.807) is 0 Å². The van der Waals surface area contributed by atoms with Crippen molar-refractivity contribution in [1.29, 1.82) is 0 Å². The number of rotatable bonds is 0. The van der Waals surface area contributed by atoms with Gasteiger partial charge in [-0.15, -0.1) is 0 Å². The molecule has 4 nitrogen and oxygen atoms in total. The summed E-state index contributed by atoms with van der Waals surface area (Å²) in [7, 11) is -2.00. The van der Waals surface area contributed by atoms with Crippen molar-refractivity contribution in [1.82, 2.24) is 0 Å². The van der Waals surface area contributed by atoms with Gasteiger partial charge in [0.05, 0.1) is 0 Å². The van der Waals surface area contributed by atoms with Crippen LogP contribution in [0.1, 0.15) is 20.8 Å². The highest BCUT2D eigenvalue weighted by Crippen LogP contribution is 2.20. The van der Waals surface area contributed by atoms with E-state index < -0.39 is 15.6 Å². The van der Waals surface area contributed by atoms with E-state index in [0.29, 0.717) is 5.41 Å². The van der Waals surface area contributed by atoms with Crippen molar-refractivity contribution in [3.8, 4) is 0 Å². The molecule has 16 heavy (non-hydrogen) atoms. The Kier molecular flexibility index (Phi) is 6.24. The Hall–Kier alpha value is -0.630. The van der Waals surface area contributed by atoms with Gasteiger partial charge >= 0.3 is 5.51 Å². The molecule has 8 heteroatoms. The zero-order chi connectivity index (χ0) is 13.8. The SMILES string of the molecule is C[N+](C)=CC(C)(C)C.O=S(=O)([O-])C(F)(F)F. The Morgan fingerprint density at radius 1 is 1.12 bits per heavy atom. The molecule has 0 aromatic carbocycles. The maximum atomic E-state index is 10.7. The largest absolute Gasteiger partial charge is 0.741 e. The summed E-state index contributed by atoms with van der Waals surface area (Å²) in [4.78, 5) is 0. The monoisotopic (exact) mass is 263 g/mol. The predicted octanol–water partition coefficient (Wildman–Crippen LogP) is 1.43. The van der Waals surface area contributed by atoms with E-state index in [0.717, 1.165) is 0 Å². The molecule has 0 saturated carbocycles. The predicted molar refractivity (Wildman–Crippen MR) is 53.4 cm³/mol. The minimum absolute atomic E-state index is 0.323. The van der Waals surface area contributed by atoms with Gasteiger partial charge in [-0.2, -0.15) is 13.2 Å². The third-order valence-electron chi connectivity index (χ3n) is 0.929. The summed E-state index contributed by atoms with van der Waals surface area (Å²) in [6.45, 7) is 6.56. The van der Waals surface area contributed by atoms with Gasteiger partial charge < -0.3 is 4.55 Å². The van der Waals surface area contributed by atoms with Crippen molar-refractivity contribution in [2.45, 2.75) is 26.3 Å². The molecular formula is C8H16F3NO3S. The van der Waals surface area contributed by atoms with Crippen LogP contribution >= 0.6 is 0 Å². The zero-order valence-corrected chi connectivity index (χ0v) is 10.6. The number of halogens is 3. The lowest BCUT2D eigenvalue weighted by Crippen LogP contribution is -2.21. The molecule has 0 fully saturated rings. The molecule has 0 unspecified atom stereocenters. The Bertz CT molecular complexity index is 335. The van der Waals surface area contributed by atoms with E-state index in [1.807, 2.05) is 14.1 Å². The second kappa shape index (κ2) is 5.62. The minimum Gasteiger partial charge on any atom is -0.741 e. The third kappa shape index (κ3) is 11.4. The summed E-state index contributed by atoms with van der Waals surface area (Å²) in [5, 5.41) is 0. The van der Waals surface area contributed by atoms with Gasteiger partial charge in [-0.3, -0.25) is 0 Å². The number of hydrogen-bond donors (Lipinski definition) is 0. The van der Waals surface area contributed by atoms with Crippen LogP contribution in [0, 0.1) is 5.41 Å². The molecule has 0 rings (SSSR count). The van der Waals surface area contributed by atoms with Crippen LogP contribution < -0.4 is 0 Å². The van der Waals surface area contributed by atoms with E-state index >= 15 is 0 Å². The van der Waals surface area contributed by atoms with Crippen LogP contribution in [-0.4, -0.2) is 43.4 Å². The molecule has 0 aliphatic carbocycles. The number of hydrogen-bond acceptors (Lipinski definition) is 3. The van der Waals surface area contributed by atoms with Crippen molar-refractivity contribution < 1.29 is 30.7 Å². The Morgan fingerprint density at radius 2 is 1.38 bits per heavy atom. The van der Waals surface area contributed by atoms with Crippen LogP contribution in [-0.2, 0) is 10.1 Å². The first-order valence-corrected chi connectivity index (χ1v) is 5.62. The van der Waals surface area contributed by atoms with E-state index in [1.165, 1.54) is 0 Å². The zero-order valence-electron chi connectivity index (χ0n) is 9.79. The number of nitrogens with zero attached hydrogens (tertiary/aromatic N) is 1. The summed E-state index contributed by atoms with van der Waals surface area (Å²) in [5.74, 6) is 0. The number of alkyl halides is 3. The smallest absolute Gasteiger partial charge is 0.485 e. The highest BCUT2D eigenvalue weighted by Gasteiger charge is 2.36. The van der Waals surface area contributed by atoms with E-state index in [-0.39, 0.29) is 0 Å². The molecule has 0 bridgehead atoms. The molecule has 0 saturated heterocycles. The molecule has 0 spiro atoms. The topological polar surface area (TPSA) is 60.2 Å². The Morgan fingerprint density at radius 3 is 1.38 bits per heavy atom. The van der Waals surface area contributed by atoms with Gasteiger partial charge in [-0.1, -0.05) is 20.8 Å². The van der Waals surface area contributed by atoms with Crippen LogP contribution in [0.2, 0.25) is 0 Å². The van der Waals surface area contributed by atoms with Crippen molar-refractivity contribution in [3.63, 3.8) is 0 Å². The van der Waals surface area contributed by atoms with Crippen LogP contribution in [0.4, 0.5) is 13.2 Å². The molecular weight excluding hydrogens is 247 g/mol. The van der Waals surface area contributed by atoms with Crippen LogP contribution in [0.15, 0.2) is 0 Å². The van der Waals surface area contributed by atoms with E-state index in [2.05, 4.69) is 31.6 Å².